The van der Waals surface area contributed by atoms with Crippen LogP contribution in [0.2, 0.25) is 0 Å². The lowest BCUT2D eigenvalue weighted by atomic mass is 10.1. The molecule has 2 rings (SSSR count). The van der Waals surface area contributed by atoms with E-state index in [-0.39, 0.29) is 5.75 Å². The molecule has 0 saturated heterocycles. The van der Waals surface area contributed by atoms with Crippen molar-refractivity contribution in [1.29, 1.82) is 0 Å². The lowest BCUT2D eigenvalue weighted by Gasteiger charge is -2.02. The third kappa shape index (κ3) is 2.42. The predicted octanol–water partition coefficient (Wildman–Crippen LogP) is 3.23. The summed E-state index contributed by atoms with van der Waals surface area (Å²) >= 11 is 6.44. The third-order valence-corrected chi connectivity index (χ3v) is 3.43. The molecule has 0 bridgehead atoms. The van der Waals surface area contributed by atoms with E-state index in [2.05, 4.69) is 41.9 Å². The van der Waals surface area contributed by atoms with E-state index in [1.807, 2.05) is 0 Å². The Labute approximate surface area is 114 Å². The zero-order valence-corrected chi connectivity index (χ0v) is 11.9. The predicted molar refractivity (Wildman–Crippen MR) is 70.7 cm³/mol. The number of halogens is 2. The Morgan fingerprint density at radius 3 is 2.41 bits per heavy atom. The molecular weight excluding hydrogens is 354 g/mol. The summed E-state index contributed by atoms with van der Waals surface area (Å²) in [5, 5.41) is 13.1. The first-order valence-corrected chi connectivity index (χ1v) is 6.23. The van der Waals surface area contributed by atoms with Crippen molar-refractivity contribution in [3.05, 3.63) is 32.2 Å². The molecule has 0 aliphatic carbocycles. The van der Waals surface area contributed by atoms with E-state index in [1.54, 1.807) is 25.1 Å². The number of nitrogens with zero attached hydrogens (tertiary/aromatic N) is 1. The Bertz CT molecular complexity index is 541. The molecule has 0 fully saturated rings. The van der Waals surface area contributed by atoms with Gasteiger partial charge in [0.25, 0.3) is 0 Å². The highest BCUT2D eigenvalue weighted by molar-refractivity contribution is 9.11. The first-order chi connectivity index (χ1) is 7.99. The zero-order valence-electron chi connectivity index (χ0n) is 8.70. The minimum atomic E-state index is -0.470. The molecule has 88 valence electrons. The Morgan fingerprint density at radius 1 is 1.35 bits per heavy atom. The molecule has 0 spiro atoms. The number of oxime groups is 1. The van der Waals surface area contributed by atoms with E-state index in [0.29, 0.717) is 20.2 Å². The summed E-state index contributed by atoms with van der Waals surface area (Å²) in [6.45, 7) is 1.70. The lowest BCUT2D eigenvalue weighted by Crippen LogP contribution is -2.01. The van der Waals surface area contributed by atoms with Gasteiger partial charge < -0.3 is 9.94 Å². The molecule has 17 heavy (non-hydrogen) atoms. The molecule has 1 aliphatic heterocycles. The number of hydrogen-bond acceptors (Lipinski definition) is 4. The van der Waals surface area contributed by atoms with Gasteiger partial charge in [-0.2, -0.15) is 0 Å². The summed E-state index contributed by atoms with van der Waals surface area (Å²) in [4.78, 5) is 15.9. The first-order valence-electron chi connectivity index (χ1n) is 4.65. The van der Waals surface area contributed by atoms with Crippen LogP contribution in [-0.4, -0.2) is 16.8 Å². The van der Waals surface area contributed by atoms with E-state index in [1.165, 1.54) is 0 Å². The van der Waals surface area contributed by atoms with Gasteiger partial charge in [-0.25, -0.2) is 4.79 Å². The average Bonchev–Trinajstić information content (AvgIpc) is 2.57. The fourth-order valence-electron chi connectivity index (χ4n) is 1.35. The molecule has 0 atom stereocenters. The molecular formula is C11H7Br2NO3. The maximum atomic E-state index is 11.3. The first kappa shape index (κ1) is 12.3. The summed E-state index contributed by atoms with van der Waals surface area (Å²) < 4.78 is 1.08. The number of phenolic OH excluding ortho intramolecular Hbond substituents is 1. The highest BCUT2D eigenvalue weighted by atomic mass is 79.9. The molecule has 4 nitrogen and oxygen atoms in total. The second-order valence-electron chi connectivity index (χ2n) is 3.45. The van der Waals surface area contributed by atoms with Crippen molar-refractivity contribution in [2.75, 3.05) is 0 Å². The highest BCUT2D eigenvalue weighted by Crippen LogP contribution is 2.34. The summed E-state index contributed by atoms with van der Waals surface area (Å²) in [5.41, 5.74) is 1.70. The van der Waals surface area contributed by atoms with E-state index in [9.17, 15) is 9.90 Å². The van der Waals surface area contributed by atoms with Gasteiger partial charge in [0.15, 0.2) is 0 Å². The van der Waals surface area contributed by atoms with Gasteiger partial charge in [-0.05, 0) is 62.6 Å². The second-order valence-corrected chi connectivity index (χ2v) is 5.16. The van der Waals surface area contributed by atoms with Gasteiger partial charge >= 0.3 is 5.97 Å². The van der Waals surface area contributed by atoms with Crippen LogP contribution < -0.4 is 0 Å². The summed E-state index contributed by atoms with van der Waals surface area (Å²) in [6, 6.07) is 3.40. The Kier molecular flexibility index (Phi) is 3.35. The van der Waals surface area contributed by atoms with Gasteiger partial charge in [-0.3, -0.25) is 0 Å². The van der Waals surface area contributed by atoms with Crippen molar-refractivity contribution in [2.24, 2.45) is 5.16 Å². The number of benzene rings is 1. The average molecular weight is 361 g/mol. The number of rotatable bonds is 1. The van der Waals surface area contributed by atoms with Crippen LogP contribution in [0.15, 0.2) is 31.8 Å². The number of hydrogen-bond donors (Lipinski definition) is 1. The van der Waals surface area contributed by atoms with E-state index in [0.717, 1.165) is 5.56 Å². The van der Waals surface area contributed by atoms with Crippen molar-refractivity contribution in [1.82, 2.24) is 0 Å². The number of carbonyl (C=O) groups is 1. The third-order valence-electron chi connectivity index (χ3n) is 2.23. The van der Waals surface area contributed by atoms with Gasteiger partial charge in [0.2, 0.25) is 0 Å². The second kappa shape index (κ2) is 4.62. The molecule has 0 aromatic heterocycles. The van der Waals surface area contributed by atoms with Gasteiger partial charge in [-0.1, -0.05) is 5.16 Å². The van der Waals surface area contributed by atoms with Crippen molar-refractivity contribution in [2.45, 2.75) is 6.92 Å². The van der Waals surface area contributed by atoms with E-state index < -0.39 is 5.97 Å². The highest BCUT2D eigenvalue weighted by Gasteiger charge is 2.21. The summed E-state index contributed by atoms with van der Waals surface area (Å²) in [5.74, 6) is -0.352. The number of phenols is 1. The quantitative estimate of drug-likeness (QED) is 0.617. The monoisotopic (exact) mass is 359 g/mol. The van der Waals surface area contributed by atoms with E-state index in [4.69, 9.17) is 0 Å². The molecule has 6 heteroatoms. The Balaban J connectivity index is 2.46. The van der Waals surface area contributed by atoms with Crippen molar-refractivity contribution in [3.63, 3.8) is 0 Å². The molecule has 1 heterocycles. The minimum absolute atomic E-state index is 0.117. The minimum Gasteiger partial charge on any atom is -0.506 e. The molecule has 1 aromatic rings. The SMILES string of the molecule is CC1=NOC(=O)/C1=C\c1cc(Br)c(O)c(Br)c1. The lowest BCUT2D eigenvalue weighted by molar-refractivity contribution is -0.136. The molecule has 0 radical (unpaired) electrons. The van der Waals surface area contributed by atoms with Gasteiger partial charge in [0.05, 0.1) is 20.2 Å². The standard InChI is InChI=1S/C11H7Br2NO3/c1-5-7(11(16)17-14-5)2-6-3-8(12)10(15)9(13)4-6/h2-4,15H,1H3/b7-2-. The van der Waals surface area contributed by atoms with Crippen LogP contribution in [0.3, 0.4) is 0 Å². The summed E-state index contributed by atoms with van der Waals surface area (Å²) in [6.07, 6.45) is 1.66. The zero-order chi connectivity index (χ0) is 12.6. The Morgan fingerprint density at radius 2 is 1.94 bits per heavy atom. The summed E-state index contributed by atoms with van der Waals surface area (Å²) in [7, 11) is 0. The topological polar surface area (TPSA) is 58.9 Å². The number of aromatic hydroxyl groups is 1. The van der Waals surface area contributed by atoms with Crippen LogP contribution in [0.25, 0.3) is 6.08 Å². The van der Waals surface area contributed by atoms with Crippen LogP contribution in [0.1, 0.15) is 12.5 Å². The van der Waals surface area contributed by atoms with Crippen LogP contribution in [0.5, 0.6) is 5.75 Å². The number of carbonyl (C=O) groups excluding carboxylic acids is 1. The molecule has 1 N–H and O–H groups in total. The smallest absolute Gasteiger partial charge is 0.367 e. The van der Waals surface area contributed by atoms with Crippen LogP contribution in [-0.2, 0) is 9.63 Å². The maximum Gasteiger partial charge on any atom is 0.367 e. The molecule has 0 amide bonds. The van der Waals surface area contributed by atoms with Crippen molar-refractivity contribution in [3.8, 4) is 5.75 Å². The fraction of sp³-hybridized carbons (Fsp3) is 0.0909. The fourth-order valence-corrected chi connectivity index (χ4v) is 2.58. The van der Waals surface area contributed by atoms with Crippen LogP contribution in [0.4, 0.5) is 0 Å². The van der Waals surface area contributed by atoms with Gasteiger partial charge in [0, 0.05) is 0 Å². The van der Waals surface area contributed by atoms with Crippen molar-refractivity contribution < 1.29 is 14.7 Å². The van der Waals surface area contributed by atoms with Crippen LogP contribution >= 0.6 is 31.9 Å². The normalized spacial score (nSPS) is 17.2. The van der Waals surface area contributed by atoms with Gasteiger partial charge in [0.1, 0.15) is 5.75 Å². The Hall–Kier alpha value is -1.14. The largest absolute Gasteiger partial charge is 0.506 e. The van der Waals surface area contributed by atoms with Crippen molar-refractivity contribution >= 4 is 49.6 Å². The van der Waals surface area contributed by atoms with E-state index >= 15 is 0 Å². The van der Waals surface area contributed by atoms with Gasteiger partial charge in [-0.15, -0.1) is 0 Å². The van der Waals surface area contributed by atoms with Crippen LogP contribution in [0, 0.1) is 0 Å². The molecule has 0 unspecified atom stereocenters. The molecule has 1 aromatic carbocycles. The molecule has 1 aliphatic rings. The maximum absolute atomic E-state index is 11.3. The molecule has 0 saturated carbocycles.